The van der Waals surface area contributed by atoms with Crippen LogP contribution in [0.3, 0.4) is 0 Å². The van der Waals surface area contributed by atoms with E-state index in [1.165, 1.54) is 16.9 Å². The molecule has 100 valence electrons. The fourth-order valence-electron chi connectivity index (χ4n) is 1.75. The first-order valence-corrected chi connectivity index (χ1v) is 7.14. The molecule has 1 amide bonds. The molecule has 0 spiro atoms. The molecule has 0 aliphatic rings. The summed E-state index contributed by atoms with van der Waals surface area (Å²) in [5.74, 6) is -0.0386. The van der Waals surface area contributed by atoms with E-state index >= 15 is 0 Å². The van der Waals surface area contributed by atoms with Crippen molar-refractivity contribution in [1.29, 1.82) is 0 Å². The third-order valence-electron chi connectivity index (χ3n) is 2.72. The number of nitrogens with one attached hydrogen (secondary N) is 1. The Balaban J connectivity index is 2.30. The molecule has 1 aromatic carbocycles. The molecule has 1 aromatic heterocycles. The summed E-state index contributed by atoms with van der Waals surface area (Å²) >= 11 is 1.45. The molecule has 0 aliphatic carbocycles. The van der Waals surface area contributed by atoms with Crippen LogP contribution < -0.4 is 5.32 Å². The van der Waals surface area contributed by atoms with Gasteiger partial charge in [-0.2, -0.15) is 0 Å². The van der Waals surface area contributed by atoms with Gasteiger partial charge in [-0.1, -0.05) is 29.8 Å². The number of thiazole rings is 1. The predicted octanol–water partition coefficient (Wildman–Crippen LogP) is 3.57. The van der Waals surface area contributed by atoms with Gasteiger partial charge in [0.05, 0.1) is 5.69 Å². The number of aryl methyl sites for hydroxylation is 2. The van der Waals surface area contributed by atoms with Gasteiger partial charge in [-0.05, 0) is 27.7 Å². The first-order chi connectivity index (χ1) is 8.97. The summed E-state index contributed by atoms with van der Waals surface area (Å²) in [6.07, 6.45) is 0. The van der Waals surface area contributed by atoms with E-state index in [9.17, 15) is 4.79 Å². The van der Waals surface area contributed by atoms with Crippen LogP contribution >= 0.6 is 11.3 Å². The molecule has 0 radical (unpaired) electrons. The van der Waals surface area contributed by atoms with Crippen molar-refractivity contribution in [3.63, 3.8) is 0 Å². The van der Waals surface area contributed by atoms with Crippen LogP contribution in [0, 0.1) is 13.8 Å². The van der Waals surface area contributed by atoms with Crippen LogP contribution in [0.5, 0.6) is 0 Å². The Kier molecular flexibility index (Phi) is 4.00. The summed E-state index contributed by atoms with van der Waals surface area (Å²) in [5, 5.41) is 3.80. The van der Waals surface area contributed by atoms with Crippen molar-refractivity contribution in [3.05, 3.63) is 40.4 Å². The van der Waals surface area contributed by atoms with Gasteiger partial charge >= 0.3 is 0 Å². The lowest BCUT2D eigenvalue weighted by atomic mass is 10.2. The Hall–Kier alpha value is -1.68. The molecule has 3 nitrogen and oxygen atoms in total. The zero-order chi connectivity index (χ0) is 14.0. The van der Waals surface area contributed by atoms with Crippen molar-refractivity contribution in [1.82, 2.24) is 10.3 Å². The van der Waals surface area contributed by atoms with Crippen molar-refractivity contribution in [2.75, 3.05) is 0 Å². The number of benzene rings is 1. The summed E-state index contributed by atoms with van der Waals surface area (Å²) in [6.45, 7) is 7.84. The maximum absolute atomic E-state index is 12.0. The highest BCUT2D eigenvalue weighted by molar-refractivity contribution is 7.17. The molecule has 4 heteroatoms. The van der Waals surface area contributed by atoms with Gasteiger partial charge in [-0.25, -0.2) is 4.98 Å². The fourth-order valence-corrected chi connectivity index (χ4v) is 2.73. The molecular formula is C15H18N2OS. The monoisotopic (exact) mass is 274 g/mol. The van der Waals surface area contributed by atoms with Crippen molar-refractivity contribution in [2.24, 2.45) is 0 Å². The number of aromatic nitrogens is 1. The fraction of sp³-hybridized carbons (Fsp3) is 0.333. The molecule has 19 heavy (non-hydrogen) atoms. The smallest absolute Gasteiger partial charge is 0.263 e. The van der Waals surface area contributed by atoms with E-state index in [0.29, 0.717) is 4.88 Å². The number of hydrogen-bond acceptors (Lipinski definition) is 3. The molecule has 0 aliphatic heterocycles. The molecular weight excluding hydrogens is 256 g/mol. The van der Waals surface area contributed by atoms with E-state index < -0.39 is 0 Å². The van der Waals surface area contributed by atoms with E-state index in [1.807, 2.05) is 32.9 Å². The average molecular weight is 274 g/mol. The highest BCUT2D eigenvalue weighted by Gasteiger charge is 2.16. The zero-order valence-electron chi connectivity index (χ0n) is 11.7. The molecule has 0 saturated heterocycles. The lowest BCUT2D eigenvalue weighted by Crippen LogP contribution is -2.29. The van der Waals surface area contributed by atoms with E-state index in [0.717, 1.165) is 16.3 Å². The summed E-state index contributed by atoms with van der Waals surface area (Å²) in [4.78, 5) is 17.2. The standard InChI is InChI=1S/C15H18N2OS/c1-9(2)16-14(18)13-11(4)17-15(19-13)12-7-5-10(3)6-8-12/h5-9H,1-4H3,(H,16,18). The van der Waals surface area contributed by atoms with Crippen LogP contribution in [-0.4, -0.2) is 16.9 Å². The zero-order valence-corrected chi connectivity index (χ0v) is 12.5. The molecule has 0 fully saturated rings. The number of hydrogen-bond donors (Lipinski definition) is 1. The van der Waals surface area contributed by atoms with Gasteiger partial charge in [-0.15, -0.1) is 11.3 Å². The van der Waals surface area contributed by atoms with Crippen molar-refractivity contribution in [2.45, 2.75) is 33.7 Å². The van der Waals surface area contributed by atoms with Crippen molar-refractivity contribution >= 4 is 17.2 Å². The number of rotatable bonds is 3. The predicted molar refractivity (Wildman–Crippen MR) is 79.6 cm³/mol. The molecule has 2 aromatic rings. The summed E-state index contributed by atoms with van der Waals surface area (Å²) in [5.41, 5.74) is 3.07. The third-order valence-corrected chi connectivity index (χ3v) is 3.93. The van der Waals surface area contributed by atoms with Gasteiger partial charge in [0.15, 0.2) is 0 Å². The lowest BCUT2D eigenvalue weighted by Gasteiger charge is -2.06. The van der Waals surface area contributed by atoms with E-state index in [2.05, 4.69) is 29.4 Å². The quantitative estimate of drug-likeness (QED) is 0.929. The van der Waals surface area contributed by atoms with Crippen LogP contribution in [0.4, 0.5) is 0 Å². The van der Waals surface area contributed by atoms with Crippen molar-refractivity contribution in [3.8, 4) is 10.6 Å². The van der Waals surface area contributed by atoms with E-state index in [4.69, 9.17) is 0 Å². The molecule has 0 saturated carbocycles. The minimum Gasteiger partial charge on any atom is -0.349 e. The van der Waals surface area contributed by atoms with Gasteiger partial charge in [0.1, 0.15) is 9.88 Å². The van der Waals surface area contributed by atoms with Gasteiger partial charge in [0, 0.05) is 11.6 Å². The van der Waals surface area contributed by atoms with E-state index in [-0.39, 0.29) is 11.9 Å². The maximum atomic E-state index is 12.0. The SMILES string of the molecule is Cc1ccc(-c2nc(C)c(C(=O)NC(C)C)s2)cc1. The van der Waals surface area contributed by atoms with Gasteiger partial charge in [0.2, 0.25) is 0 Å². The highest BCUT2D eigenvalue weighted by atomic mass is 32.1. The Morgan fingerprint density at radius 3 is 2.42 bits per heavy atom. The van der Waals surface area contributed by atoms with Crippen LogP contribution in [0.2, 0.25) is 0 Å². The highest BCUT2D eigenvalue weighted by Crippen LogP contribution is 2.28. The van der Waals surface area contributed by atoms with E-state index in [1.54, 1.807) is 0 Å². The van der Waals surface area contributed by atoms with Gasteiger partial charge in [0.25, 0.3) is 5.91 Å². The Bertz CT molecular complexity index is 585. The summed E-state index contributed by atoms with van der Waals surface area (Å²) < 4.78 is 0. The molecule has 2 rings (SSSR count). The molecule has 0 atom stereocenters. The minimum absolute atomic E-state index is 0.0386. The Morgan fingerprint density at radius 1 is 1.21 bits per heavy atom. The minimum atomic E-state index is -0.0386. The average Bonchev–Trinajstić information content (AvgIpc) is 2.71. The van der Waals surface area contributed by atoms with Crippen LogP contribution in [0.15, 0.2) is 24.3 Å². The van der Waals surface area contributed by atoms with Crippen LogP contribution in [0.1, 0.15) is 34.8 Å². The van der Waals surface area contributed by atoms with Gasteiger partial charge < -0.3 is 5.32 Å². The first kappa shape index (κ1) is 13.7. The Morgan fingerprint density at radius 2 is 1.84 bits per heavy atom. The van der Waals surface area contributed by atoms with Crippen LogP contribution in [-0.2, 0) is 0 Å². The lowest BCUT2D eigenvalue weighted by molar-refractivity contribution is 0.0946. The number of carbonyl (C=O) groups excluding carboxylic acids is 1. The van der Waals surface area contributed by atoms with Gasteiger partial charge in [-0.3, -0.25) is 4.79 Å². The largest absolute Gasteiger partial charge is 0.349 e. The first-order valence-electron chi connectivity index (χ1n) is 6.32. The second-order valence-electron chi connectivity index (χ2n) is 4.93. The summed E-state index contributed by atoms with van der Waals surface area (Å²) in [6, 6.07) is 8.33. The molecule has 1 heterocycles. The topological polar surface area (TPSA) is 42.0 Å². The second kappa shape index (κ2) is 5.53. The summed E-state index contributed by atoms with van der Waals surface area (Å²) in [7, 11) is 0. The molecule has 1 N–H and O–H groups in total. The number of carbonyl (C=O) groups is 1. The Labute approximate surface area is 117 Å². The second-order valence-corrected chi connectivity index (χ2v) is 5.93. The number of nitrogens with zero attached hydrogens (tertiary/aromatic N) is 1. The number of amides is 1. The van der Waals surface area contributed by atoms with Crippen LogP contribution in [0.25, 0.3) is 10.6 Å². The third kappa shape index (κ3) is 3.20. The maximum Gasteiger partial charge on any atom is 0.263 e. The molecule has 0 unspecified atom stereocenters. The normalized spacial score (nSPS) is 10.8. The molecule has 0 bridgehead atoms. The van der Waals surface area contributed by atoms with Crippen molar-refractivity contribution < 1.29 is 4.79 Å².